The Kier molecular flexibility index (Phi) is 4.94. The second kappa shape index (κ2) is 6.50. The Bertz CT molecular complexity index is 493. The molecule has 3 unspecified atom stereocenters. The van der Waals surface area contributed by atoms with Crippen molar-refractivity contribution in [1.29, 1.82) is 0 Å². The summed E-state index contributed by atoms with van der Waals surface area (Å²) in [5.74, 6) is 0.0296. The number of nitrogens with two attached hydrogens (primary N) is 1. The molecule has 1 heterocycles. The van der Waals surface area contributed by atoms with Crippen LogP contribution in [0.3, 0.4) is 0 Å². The number of rotatable bonds is 4. The minimum Gasteiger partial charge on any atom is -0.399 e. The average Bonchev–Trinajstić information content (AvgIpc) is 2.78. The molecule has 1 fully saturated rings. The van der Waals surface area contributed by atoms with Gasteiger partial charge in [-0.2, -0.15) is 0 Å². The van der Waals surface area contributed by atoms with Crippen molar-refractivity contribution in [2.45, 2.75) is 43.8 Å². The molecule has 1 saturated heterocycles. The smallest absolute Gasteiger partial charge is 0.237 e. The summed E-state index contributed by atoms with van der Waals surface area (Å²) in [7, 11) is 0. The van der Waals surface area contributed by atoms with Gasteiger partial charge >= 0.3 is 0 Å². The van der Waals surface area contributed by atoms with Crippen molar-refractivity contribution in [3.63, 3.8) is 0 Å². The maximum Gasteiger partial charge on any atom is 0.237 e. The highest BCUT2D eigenvalue weighted by molar-refractivity contribution is 8.01. The lowest BCUT2D eigenvalue weighted by Crippen LogP contribution is -2.27. The summed E-state index contributed by atoms with van der Waals surface area (Å²) < 4.78 is 5.53. The zero-order chi connectivity index (χ0) is 14.7. The van der Waals surface area contributed by atoms with Crippen LogP contribution in [0.25, 0.3) is 0 Å². The van der Waals surface area contributed by atoms with E-state index in [0.717, 1.165) is 24.3 Å². The number of anilines is 2. The molecule has 110 valence electrons. The summed E-state index contributed by atoms with van der Waals surface area (Å²) in [5.41, 5.74) is 8.23. The zero-order valence-electron chi connectivity index (χ0n) is 12.2. The topological polar surface area (TPSA) is 64.3 Å². The third-order valence-electron chi connectivity index (χ3n) is 3.56. The number of ether oxygens (including phenoxy) is 1. The molecular weight excluding hydrogens is 272 g/mol. The molecule has 20 heavy (non-hydrogen) atoms. The van der Waals surface area contributed by atoms with Gasteiger partial charge in [-0.1, -0.05) is 0 Å². The van der Waals surface area contributed by atoms with Crippen LogP contribution in [0, 0.1) is 6.92 Å². The highest BCUT2D eigenvalue weighted by Crippen LogP contribution is 2.30. The van der Waals surface area contributed by atoms with Crippen LogP contribution < -0.4 is 11.1 Å². The molecule has 1 aromatic rings. The fourth-order valence-corrected chi connectivity index (χ4v) is 3.52. The van der Waals surface area contributed by atoms with Crippen LogP contribution in [-0.4, -0.2) is 29.1 Å². The van der Waals surface area contributed by atoms with Crippen LogP contribution in [0.2, 0.25) is 0 Å². The number of amides is 1. The minimum atomic E-state index is -0.0962. The van der Waals surface area contributed by atoms with Gasteiger partial charge in [0.05, 0.1) is 11.4 Å². The quantitative estimate of drug-likeness (QED) is 0.838. The highest BCUT2D eigenvalue weighted by Gasteiger charge is 2.28. The second-order valence-electron chi connectivity index (χ2n) is 5.24. The van der Waals surface area contributed by atoms with E-state index >= 15 is 0 Å². The average molecular weight is 294 g/mol. The molecule has 0 spiro atoms. The van der Waals surface area contributed by atoms with Crippen molar-refractivity contribution in [2.24, 2.45) is 0 Å². The van der Waals surface area contributed by atoms with Crippen LogP contribution in [0.15, 0.2) is 18.2 Å². The Labute approximate surface area is 124 Å². The van der Waals surface area contributed by atoms with Crippen LogP contribution in [0.1, 0.15) is 25.8 Å². The first-order valence-corrected chi connectivity index (χ1v) is 7.85. The summed E-state index contributed by atoms with van der Waals surface area (Å²) in [6.45, 7) is 6.75. The number of nitrogen functional groups attached to an aromatic ring is 1. The lowest BCUT2D eigenvalue weighted by Gasteiger charge is -2.19. The Morgan fingerprint density at radius 2 is 2.30 bits per heavy atom. The standard InChI is InChI=1S/C15H22N2O2S/c1-9-8-12(16)4-5-13(9)17-15(18)11(3)20-14-6-7-19-10(14)2/h4-5,8,10-11,14H,6-7,16H2,1-3H3,(H,17,18). The van der Waals surface area contributed by atoms with Crippen molar-refractivity contribution < 1.29 is 9.53 Å². The van der Waals surface area contributed by atoms with E-state index in [1.54, 1.807) is 17.8 Å². The zero-order valence-corrected chi connectivity index (χ0v) is 13.0. The predicted octanol–water partition coefficient (Wildman–Crippen LogP) is 2.81. The largest absolute Gasteiger partial charge is 0.399 e. The number of hydrogen-bond acceptors (Lipinski definition) is 4. The Morgan fingerprint density at radius 1 is 1.55 bits per heavy atom. The van der Waals surface area contributed by atoms with E-state index in [1.165, 1.54) is 0 Å². The summed E-state index contributed by atoms with van der Waals surface area (Å²) in [4.78, 5) is 12.2. The molecule has 4 nitrogen and oxygen atoms in total. The van der Waals surface area contributed by atoms with E-state index in [0.29, 0.717) is 10.9 Å². The number of benzene rings is 1. The number of thioether (sulfide) groups is 1. The van der Waals surface area contributed by atoms with E-state index in [1.807, 2.05) is 26.0 Å². The van der Waals surface area contributed by atoms with E-state index in [9.17, 15) is 4.79 Å². The molecule has 3 atom stereocenters. The Morgan fingerprint density at radius 3 is 2.90 bits per heavy atom. The summed E-state index contributed by atoms with van der Waals surface area (Å²) in [6, 6.07) is 5.51. The van der Waals surface area contributed by atoms with Crippen molar-refractivity contribution in [1.82, 2.24) is 0 Å². The summed E-state index contributed by atoms with van der Waals surface area (Å²) in [5, 5.41) is 3.28. The molecule has 1 aliphatic rings. The first-order valence-electron chi connectivity index (χ1n) is 6.91. The van der Waals surface area contributed by atoms with Gasteiger partial charge in [-0.05, 0) is 51.0 Å². The maximum absolute atomic E-state index is 12.2. The predicted molar refractivity (Wildman–Crippen MR) is 85.1 cm³/mol. The molecule has 0 aromatic heterocycles. The first-order chi connectivity index (χ1) is 9.47. The number of nitrogens with one attached hydrogen (secondary N) is 1. The molecule has 1 amide bonds. The van der Waals surface area contributed by atoms with Crippen molar-refractivity contribution >= 4 is 29.0 Å². The van der Waals surface area contributed by atoms with Gasteiger partial charge in [0, 0.05) is 23.2 Å². The lowest BCUT2D eigenvalue weighted by atomic mass is 10.2. The number of carbonyl (C=O) groups is 1. The van der Waals surface area contributed by atoms with E-state index in [4.69, 9.17) is 10.5 Å². The molecule has 0 bridgehead atoms. The monoisotopic (exact) mass is 294 g/mol. The van der Waals surface area contributed by atoms with Crippen molar-refractivity contribution in [2.75, 3.05) is 17.7 Å². The van der Waals surface area contributed by atoms with Gasteiger partial charge in [0.25, 0.3) is 0 Å². The van der Waals surface area contributed by atoms with Gasteiger partial charge in [0.15, 0.2) is 0 Å². The lowest BCUT2D eigenvalue weighted by molar-refractivity contribution is -0.115. The molecule has 3 N–H and O–H groups in total. The molecule has 1 aromatic carbocycles. The van der Waals surface area contributed by atoms with Crippen molar-refractivity contribution in [3.8, 4) is 0 Å². The van der Waals surface area contributed by atoms with Gasteiger partial charge in [-0.25, -0.2) is 0 Å². The van der Waals surface area contributed by atoms with Crippen LogP contribution in [0.4, 0.5) is 11.4 Å². The molecule has 2 rings (SSSR count). The van der Waals surface area contributed by atoms with Crippen LogP contribution >= 0.6 is 11.8 Å². The van der Waals surface area contributed by atoms with Gasteiger partial charge in [-0.3, -0.25) is 4.79 Å². The first kappa shape index (κ1) is 15.2. The Balaban J connectivity index is 1.93. The van der Waals surface area contributed by atoms with E-state index in [-0.39, 0.29) is 17.3 Å². The van der Waals surface area contributed by atoms with E-state index in [2.05, 4.69) is 12.2 Å². The fourth-order valence-electron chi connectivity index (χ4n) is 2.28. The molecule has 5 heteroatoms. The fraction of sp³-hybridized carbons (Fsp3) is 0.533. The number of hydrogen-bond donors (Lipinski definition) is 2. The summed E-state index contributed by atoms with van der Waals surface area (Å²) >= 11 is 1.69. The highest BCUT2D eigenvalue weighted by atomic mass is 32.2. The van der Waals surface area contributed by atoms with Gasteiger partial charge in [-0.15, -0.1) is 11.8 Å². The number of carbonyl (C=O) groups excluding carboxylic acids is 1. The third kappa shape index (κ3) is 3.67. The van der Waals surface area contributed by atoms with Crippen LogP contribution in [-0.2, 0) is 9.53 Å². The van der Waals surface area contributed by atoms with Gasteiger partial charge in [0.2, 0.25) is 5.91 Å². The summed E-state index contributed by atoms with van der Waals surface area (Å²) in [6.07, 6.45) is 1.25. The SMILES string of the molecule is Cc1cc(N)ccc1NC(=O)C(C)SC1CCOC1C. The number of aryl methyl sites for hydroxylation is 1. The second-order valence-corrected chi connectivity index (χ2v) is 6.83. The molecule has 1 aliphatic heterocycles. The molecule has 0 radical (unpaired) electrons. The minimum absolute atomic E-state index is 0.0296. The van der Waals surface area contributed by atoms with Gasteiger partial charge < -0.3 is 15.8 Å². The third-order valence-corrected chi connectivity index (χ3v) is 5.15. The van der Waals surface area contributed by atoms with Crippen LogP contribution in [0.5, 0.6) is 0 Å². The maximum atomic E-state index is 12.2. The normalized spacial score (nSPS) is 23.6. The molecular formula is C15H22N2O2S. The van der Waals surface area contributed by atoms with Crippen molar-refractivity contribution in [3.05, 3.63) is 23.8 Å². The molecule has 0 saturated carbocycles. The van der Waals surface area contributed by atoms with Gasteiger partial charge in [0.1, 0.15) is 0 Å². The van der Waals surface area contributed by atoms with E-state index < -0.39 is 0 Å². The Hall–Kier alpha value is -1.20. The molecule has 0 aliphatic carbocycles.